The van der Waals surface area contributed by atoms with Gasteiger partial charge in [-0.15, -0.1) is 0 Å². The van der Waals surface area contributed by atoms with Crippen LogP contribution in [0.5, 0.6) is 0 Å². The van der Waals surface area contributed by atoms with Gasteiger partial charge in [0, 0.05) is 6.42 Å². The molecule has 4 heteroatoms. The van der Waals surface area contributed by atoms with Crippen molar-refractivity contribution in [2.75, 3.05) is 0 Å². The van der Waals surface area contributed by atoms with Gasteiger partial charge in [-0.1, -0.05) is 61.0 Å². The zero-order valence-electron chi connectivity index (χ0n) is 14.9. The Kier molecular flexibility index (Phi) is 3.36. The number of Topliss-reactive ketones (excluding diaryl/α,β-unsaturated/α-hetero) is 1. The average molecular weight is 343 g/mol. The van der Waals surface area contributed by atoms with Gasteiger partial charge in [-0.05, 0) is 36.5 Å². The summed E-state index contributed by atoms with van der Waals surface area (Å²) in [6.45, 7) is 1.92. The molecule has 0 N–H and O–H groups in total. The summed E-state index contributed by atoms with van der Waals surface area (Å²) in [5.74, 6) is 1.84. The third-order valence-electron chi connectivity index (χ3n) is 5.88. The molecule has 2 aliphatic rings. The summed E-state index contributed by atoms with van der Waals surface area (Å²) in [4.78, 5) is 18.1. The first-order valence-corrected chi connectivity index (χ1v) is 9.33. The van der Waals surface area contributed by atoms with Crippen LogP contribution >= 0.6 is 0 Å². The van der Waals surface area contributed by atoms with Crippen LogP contribution in [0.15, 0.2) is 54.6 Å². The van der Waals surface area contributed by atoms with E-state index in [1.807, 2.05) is 23.7 Å². The lowest BCUT2D eigenvalue weighted by molar-refractivity contribution is -0.125. The van der Waals surface area contributed by atoms with E-state index in [4.69, 9.17) is 10.1 Å². The van der Waals surface area contributed by atoms with Crippen molar-refractivity contribution in [3.63, 3.8) is 0 Å². The highest BCUT2D eigenvalue weighted by Crippen LogP contribution is 2.49. The molecule has 1 spiro atoms. The van der Waals surface area contributed by atoms with E-state index in [1.54, 1.807) is 0 Å². The second-order valence-electron chi connectivity index (χ2n) is 7.36. The van der Waals surface area contributed by atoms with Crippen molar-refractivity contribution in [1.82, 2.24) is 14.8 Å². The van der Waals surface area contributed by atoms with Crippen molar-refractivity contribution in [2.24, 2.45) is 0 Å². The van der Waals surface area contributed by atoms with Gasteiger partial charge in [-0.2, -0.15) is 5.10 Å². The summed E-state index contributed by atoms with van der Waals surface area (Å²) in [7, 11) is 0. The van der Waals surface area contributed by atoms with Crippen molar-refractivity contribution in [3.8, 4) is 0 Å². The highest BCUT2D eigenvalue weighted by atomic mass is 16.1. The molecule has 0 saturated heterocycles. The molecule has 0 radical (unpaired) electrons. The summed E-state index contributed by atoms with van der Waals surface area (Å²) in [6, 6.07) is 18.7. The monoisotopic (exact) mass is 343 g/mol. The number of carbonyl (C=O) groups is 1. The standard InChI is InChI=1S/C22H21N3O/c1-15-23-21-22(14-8-7-13-19(22)26)18-12-6-5-11-17(18)20(25(21)24-15)16-9-3-2-4-10-16/h2-6,9-12,20H,7-8,13-14H2,1H3/t20-,22+/m1/s1. The molecule has 2 heterocycles. The number of ketones is 1. The molecule has 130 valence electrons. The number of aromatic nitrogens is 3. The number of carbonyl (C=O) groups excluding carboxylic acids is 1. The maximum Gasteiger partial charge on any atom is 0.151 e. The number of rotatable bonds is 1. The number of nitrogens with zero attached hydrogens (tertiary/aromatic N) is 3. The van der Waals surface area contributed by atoms with E-state index in [0.717, 1.165) is 36.5 Å². The normalized spacial score (nSPS) is 24.3. The number of aryl methyl sites for hydroxylation is 1. The highest BCUT2D eigenvalue weighted by molar-refractivity contribution is 5.94. The number of fused-ring (bicyclic) bond motifs is 4. The van der Waals surface area contributed by atoms with Gasteiger partial charge in [0.25, 0.3) is 0 Å². The third-order valence-corrected chi connectivity index (χ3v) is 5.88. The molecule has 1 aromatic heterocycles. The second kappa shape index (κ2) is 5.63. The van der Waals surface area contributed by atoms with Crippen molar-refractivity contribution >= 4 is 5.78 Å². The first-order chi connectivity index (χ1) is 12.7. The lowest BCUT2D eigenvalue weighted by atomic mass is 9.64. The zero-order valence-corrected chi connectivity index (χ0v) is 14.9. The maximum absolute atomic E-state index is 13.3. The van der Waals surface area contributed by atoms with Crippen LogP contribution in [0.3, 0.4) is 0 Å². The Bertz CT molecular complexity index is 992. The first-order valence-electron chi connectivity index (χ1n) is 9.33. The van der Waals surface area contributed by atoms with E-state index in [0.29, 0.717) is 6.42 Å². The molecule has 3 aromatic rings. The smallest absolute Gasteiger partial charge is 0.151 e. The Balaban J connectivity index is 1.84. The van der Waals surface area contributed by atoms with E-state index in [2.05, 4.69) is 42.5 Å². The molecule has 4 nitrogen and oxygen atoms in total. The fourth-order valence-corrected chi connectivity index (χ4v) is 4.78. The van der Waals surface area contributed by atoms with Crippen molar-refractivity contribution in [3.05, 3.63) is 82.9 Å². The Labute approximate surface area is 152 Å². The maximum atomic E-state index is 13.3. The fourth-order valence-electron chi connectivity index (χ4n) is 4.78. The molecular weight excluding hydrogens is 322 g/mol. The minimum atomic E-state index is -0.638. The van der Waals surface area contributed by atoms with Crippen LogP contribution in [0.4, 0.5) is 0 Å². The molecule has 0 unspecified atom stereocenters. The molecule has 5 rings (SSSR count). The summed E-state index contributed by atoms with van der Waals surface area (Å²) >= 11 is 0. The molecule has 1 saturated carbocycles. The van der Waals surface area contributed by atoms with Gasteiger partial charge in [-0.3, -0.25) is 4.79 Å². The van der Waals surface area contributed by atoms with Crippen LogP contribution in [0.2, 0.25) is 0 Å². The van der Waals surface area contributed by atoms with Gasteiger partial charge in [0.2, 0.25) is 0 Å². The van der Waals surface area contributed by atoms with Gasteiger partial charge in [0.15, 0.2) is 5.78 Å². The predicted molar refractivity (Wildman–Crippen MR) is 99.1 cm³/mol. The third kappa shape index (κ3) is 1.99. The van der Waals surface area contributed by atoms with Crippen molar-refractivity contribution in [1.29, 1.82) is 0 Å². The SMILES string of the molecule is Cc1nc2n(n1)[C@H](c1ccccc1)c1ccccc1[C@]21CCCCC1=O. The molecule has 1 aliphatic carbocycles. The van der Waals surface area contributed by atoms with Gasteiger partial charge in [0.1, 0.15) is 23.1 Å². The average Bonchev–Trinajstić information content (AvgIpc) is 3.06. The Hall–Kier alpha value is -2.75. The van der Waals surface area contributed by atoms with E-state index >= 15 is 0 Å². The van der Waals surface area contributed by atoms with Crippen LogP contribution in [0.1, 0.15) is 60.1 Å². The van der Waals surface area contributed by atoms with Crippen LogP contribution in [-0.2, 0) is 10.2 Å². The molecule has 0 bridgehead atoms. The van der Waals surface area contributed by atoms with Crippen LogP contribution in [0, 0.1) is 6.92 Å². The summed E-state index contributed by atoms with van der Waals surface area (Å²) in [6.07, 6.45) is 3.46. The van der Waals surface area contributed by atoms with Crippen molar-refractivity contribution < 1.29 is 4.79 Å². The highest BCUT2D eigenvalue weighted by Gasteiger charge is 2.52. The van der Waals surface area contributed by atoms with Gasteiger partial charge >= 0.3 is 0 Å². The van der Waals surface area contributed by atoms with E-state index in [9.17, 15) is 4.79 Å². The van der Waals surface area contributed by atoms with Crippen LogP contribution < -0.4 is 0 Å². The molecule has 1 fully saturated rings. The lowest BCUT2D eigenvalue weighted by Crippen LogP contribution is -2.46. The second-order valence-corrected chi connectivity index (χ2v) is 7.36. The molecule has 2 aromatic carbocycles. The summed E-state index contributed by atoms with van der Waals surface area (Å²) < 4.78 is 2.01. The van der Waals surface area contributed by atoms with Crippen LogP contribution in [0.25, 0.3) is 0 Å². The van der Waals surface area contributed by atoms with Crippen molar-refractivity contribution in [2.45, 2.75) is 44.1 Å². The molecule has 2 atom stereocenters. The van der Waals surface area contributed by atoms with E-state index in [-0.39, 0.29) is 11.8 Å². The van der Waals surface area contributed by atoms with E-state index < -0.39 is 5.41 Å². The summed E-state index contributed by atoms with van der Waals surface area (Å²) in [5.41, 5.74) is 2.83. The van der Waals surface area contributed by atoms with E-state index in [1.165, 1.54) is 11.1 Å². The predicted octanol–water partition coefficient (Wildman–Crippen LogP) is 3.97. The minimum absolute atomic E-state index is 0.0380. The molecule has 0 amide bonds. The first kappa shape index (κ1) is 15.5. The molecule has 1 aliphatic heterocycles. The Morgan fingerprint density at radius 2 is 1.81 bits per heavy atom. The molecular formula is C22H21N3O. The quantitative estimate of drug-likeness (QED) is 0.672. The number of hydrogen-bond donors (Lipinski definition) is 0. The topological polar surface area (TPSA) is 47.8 Å². The summed E-state index contributed by atoms with van der Waals surface area (Å²) in [5, 5.41) is 4.75. The van der Waals surface area contributed by atoms with Gasteiger partial charge in [-0.25, -0.2) is 9.67 Å². The van der Waals surface area contributed by atoms with Gasteiger partial charge in [0.05, 0.1) is 0 Å². The van der Waals surface area contributed by atoms with Crippen LogP contribution in [-0.4, -0.2) is 20.5 Å². The molecule has 26 heavy (non-hydrogen) atoms. The zero-order chi connectivity index (χ0) is 17.7. The lowest BCUT2D eigenvalue weighted by Gasteiger charge is -2.42. The fraction of sp³-hybridized carbons (Fsp3) is 0.318. The minimum Gasteiger partial charge on any atom is -0.298 e. The number of hydrogen-bond acceptors (Lipinski definition) is 3. The Morgan fingerprint density at radius 1 is 1.04 bits per heavy atom. The largest absolute Gasteiger partial charge is 0.298 e. The Morgan fingerprint density at radius 3 is 2.62 bits per heavy atom. The number of benzene rings is 2. The van der Waals surface area contributed by atoms with Gasteiger partial charge < -0.3 is 0 Å².